The molecule has 11 nitrogen and oxygen atoms in total. The number of nitrogens with zero attached hydrogens (tertiary/aromatic N) is 2. The second kappa shape index (κ2) is 13.1. The van der Waals surface area contributed by atoms with Crippen molar-refractivity contribution in [1.82, 2.24) is 9.13 Å². The average molecular weight is 558 g/mol. The van der Waals surface area contributed by atoms with Crippen LogP contribution in [0.25, 0.3) is 0 Å². The van der Waals surface area contributed by atoms with Crippen LogP contribution in [0, 0.1) is 0 Å². The SMILES string of the molecule is COC(=O)Cn1c(=O)c(C(=O)COC(=O)c2cccc(OCc3ccccc3)c2)c(N)n(Cc2ccccc2)c1=O. The minimum absolute atomic E-state index is 0.0806. The summed E-state index contributed by atoms with van der Waals surface area (Å²) in [6, 6.07) is 24.4. The highest BCUT2D eigenvalue weighted by molar-refractivity contribution is 6.02. The van der Waals surface area contributed by atoms with Gasteiger partial charge in [0.05, 0.1) is 19.2 Å². The van der Waals surface area contributed by atoms with Gasteiger partial charge in [-0.1, -0.05) is 66.7 Å². The first kappa shape index (κ1) is 28.6. The zero-order chi connectivity index (χ0) is 29.4. The molecule has 0 amide bonds. The van der Waals surface area contributed by atoms with Gasteiger partial charge in [-0.2, -0.15) is 0 Å². The molecule has 0 spiro atoms. The maximum atomic E-state index is 13.1. The first-order chi connectivity index (χ1) is 19.8. The van der Waals surface area contributed by atoms with Gasteiger partial charge in [0.1, 0.15) is 30.3 Å². The van der Waals surface area contributed by atoms with Gasteiger partial charge >= 0.3 is 17.6 Å². The zero-order valence-electron chi connectivity index (χ0n) is 22.1. The number of carbonyl (C=O) groups is 3. The summed E-state index contributed by atoms with van der Waals surface area (Å²) in [7, 11) is 1.10. The van der Waals surface area contributed by atoms with Crippen molar-refractivity contribution in [1.29, 1.82) is 0 Å². The van der Waals surface area contributed by atoms with Crippen molar-refractivity contribution in [2.24, 2.45) is 0 Å². The highest BCUT2D eigenvalue weighted by atomic mass is 16.5. The summed E-state index contributed by atoms with van der Waals surface area (Å²) in [4.78, 5) is 64.0. The number of aromatic nitrogens is 2. The van der Waals surface area contributed by atoms with Gasteiger partial charge in [-0.3, -0.25) is 19.0 Å². The number of nitrogens with two attached hydrogens (primary N) is 1. The van der Waals surface area contributed by atoms with Crippen LogP contribution in [-0.4, -0.2) is 40.6 Å². The molecule has 0 atom stereocenters. The van der Waals surface area contributed by atoms with E-state index in [0.29, 0.717) is 15.9 Å². The number of benzene rings is 3. The van der Waals surface area contributed by atoms with E-state index in [1.807, 2.05) is 30.3 Å². The van der Waals surface area contributed by atoms with E-state index in [2.05, 4.69) is 4.74 Å². The van der Waals surface area contributed by atoms with Crippen molar-refractivity contribution >= 4 is 23.5 Å². The molecule has 0 fully saturated rings. The van der Waals surface area contributed by atoms with E-state index in [1.165, 1.54) is 12.1 Å². The highest BCUT2D eigenvalue weighted by Crippen LogP contribution is 2.17. The van der Waals surface area contributed by atoms with Crippen LogP contribution >= 0.6 is 0 Å². The minimum atomic E-state index is -1.10. The number of carbonyl (C=O) groups excluding carboxylic acids is 3. The molecule has 3 aromatic carbocycles. The van der Waals surface area contributed by atoms with Gasteiger partial charge in [0, 0.05) is 0 Å². The number of ether oxygens (including phenoxy) is 3. The molecule has 0 aliphatic heterocycles. The molecular formula is C30H27N3O8. The predicted octanol–water partition coefficient (Wildman–Crippen LogP) is 2.43. The van der Waals surface area contributed by atoms with Crippen molar-refractivity contribution in [2.45, 2.75) is 19.7 Å². The number of Topliss-reactive ketones (excluding diaryl/α,β-unsaturated/α-hetero) is 1. The van der Waals surface area contributed by atoms with E-state index >= 15 is 0 Å². The zero-order valence-corrected chi connectivity index (χ0v) is 22.1. The molecular weight excluding hydrogens is 530 g/mol. The third kappa shape index (κ3) is 6.95. The topological polar surface area (TPSA) is 149 Å². The summed E-state index contributed by atoms with van der Waals surface area (Å²) in [6.45, 7) is -1.37. The molecule has 0 saturated heterocycles. The largest absolute Gasteiger partial charge is 0.489 e. The maximum Gasteiger partial charge on any atom is 0.338 e. The van der Waals surface area contributed by atoms with Crippen molar-refractivity contribution in [3.63, 3.8) is 0 Å². The lowest BCUT2D eigenvalue weighted by molar-refractivity contribution is -0.141. The quantitative estimate of drug-likeness (QED) is 0.217. The van der Waals surface area contributed by atoms with E-state index in [1.54, 1.807) is 42.5 Å². The Morgan fingerprint density at radius 1 is 0.829 bits per heavy atom. The fourth-order valence-corrected chi connectivity index (χ4v) is 3.97. The molecule has 11 heteroatoms. The monoisotopic (exact) mass is 557 g/mol. The summed E-state index contributed by atoms with van der Waals surface area (Å²) in [6.07, 6.45) is 0. The summed E-state index contributed by atoms with van der Waals surface area (Å²) in [5, 5.41) is 0. The third-order valence-electron chi connectivity index (χ3n) is 6.10. The number of hydrogen-bond donors (Lipinski definition) is 1. The molecule has 0 aliphatic carbocycles. The van der Waals surface area contributed by atoms with Crippen LogP contribution in [0.3, 0.4) is 0 Å². The smallest absolute Gasteiger partial charge is 0.338 e. The van der Waals surface area contributed by atoms with Gasteiger partial charge < -0.3 is 19.9 Å². The molecule has 1 aromatic heterocycles. The molecule has 0 aliphatic rings. The Balaban J connectivity index is 1.55. The van der Waals surface area contributed by atoms with Crippen molar-refractivity contribution < 1.29 is 28.6 Å². The van der Waals surface area contributed by atoms with Gasteiger partial charge in [-0.25, -0.2) is 14.2 Å². The fourth-order valence-electron chi connectivity index (χ4n) is 3.97. The third-order valence-corrected chi connectivity index (χ3v) is 6.10. The number of hydrogen-bond acceptors (Lipinski definition) is 9. The van der Waals surface area contributed by atoms with Gasteiger partial charge in [0.25, 0.3) is 5.56 Å². The van der Waals surface area contributed by atoms with Crippen molar-refractivity contribution in [3.8, 4) is 5.75 Å². The predicted molar refractivity (Wildman–Crippen MR) is 149 cm³/mol. The van der Waals surface area contributed by atoms with E-state index in [4.69, 9.17) is 15.2 Å². The van der Waals surface area contributed by atoms with Crippen LogP contribution in [-0.2, 0) is 34.0 Å². The van der Waals surface area contributed by atoms with Crippen LogP contribution in [0.5, 0.6) is 5.75 Å². The normalized spacial score (nSPS) is 10.6. The summed E-state index contributed by atoms with van der Waals surface area (Å²) in [5.41, 5.74) is 5.27. The Labute approximate surface area is 234 Å². The van der Waals surface area contributed by atoms with E-state index < -0.39 is 53.5 Å². The van der Waals surface area contributed by atoms with Crippen LogP contribution < -0.4 is 21.7 Å². The standard InChI is InChI=1S/C30H27N3O8/c1-39-25(35)17-33-28(36)26(27(31)32(30(33)38)16-20-9-4-2-5-10-20)24(34)19-41-29(37)22-13-8-14-23(15-22)40-18-21-11-6-3-7-12-21/h2-15H,16-19,31H2,1H3. The molecule has 4 aromatic rings. The number of rotatable bonds is 11. The molecule has 210 valence electrons. The van der Waals surface area contributed by atoms with E-state index in [-0.39, 0.29) is 18.7 Å². The van der Waals surface area contributed by atoms with Gasteiger partial charge in [-0.15, -0.1) is 0 Å². The number of esters is 2. The number of anilines is 1. The lowest BCUT2D eigenvalue weighted by Crippen LogP contribution is -2.46. The molecule has 0 radical (unpaired) electrons. The Hall–Kier alpha value is -5.45. The molecule has 0 saturated carbocycles. The molecule has 0 unspecified atom stereocenters. The second-order valence-electron chi connectivity index (χ2n) is 8.88. The summed E-state index contributed by atoms with van der Waals surface area (Å²) >= 11 is 0. The summed E-state index contributed by atoms with van der Waals surface area (Å²) < 4.78 is 17.1. The fraction of sp³-hybridized carbons (Fsp3) is 0.167. The van der Waals surface area contributed by atoms with Crippen LogP contribution in [0.15, 0.2) is 94.5 Å². The highest BCUT2D eigenvalue weighted by Gasteiger charge is 2.25. The molecule has 2 N–H and O–H groups in total. The Kier molecular flexibility index (Phi) is 9.10. The minimum Gasteiger partial charge on any atom is -0.489 e. The van der Waals surface area contributed by atoms with E-state index in [0.717, 1.165) is 17.2 Å². The molecule has 41 heavy (non-hydrogen) atoms. The molecule has 0 bridgehead atoms. The number of ketones is 1. The van der Waals surface area contributed by atoms with Gasteiger partial charge in [0.15, 0.2) is 6.61 Å². The summed E-state index contributed by atoms with van der Waals surface area (Å²) in [5.74, 6) is -2.66. The van der Waals surface area contributed by atoms with Crippen molar-refractivity contribution in [2.75, 3.05) is 19.5 Å². The van der Waals surface area contributed by atoms with Gasteiger partial charge in [-0.05, 0) is 29.3 Å². The first-order valence-electron chi connectivity index (χ1n) is 12.5. The number of nitrogen functional groups attached to an aromatic ring is 1. The lowest BCUT2D eigenvalue weighted by atomic mass is 10.1. The maximum absolute atomic E-state index is 13.1. The van der Waals surface area contributed by atoms with Crippen LogP contribution in [0.2, 0.25) is 0 Å². The second-order valence-corrected chi connectivity index (χ2v) is 8.88. The van der Waals surface area contributed by atoms with Crippen LogP contribution in [0.4, 0.5) is 5.82 Å². The van der Waals surface area contributed by atoms with Crippen LogP contribution in [0.1, 0.15) is 31.8 Å². The Bertz CT molecular complexity index is 1680. The molecule has 1 heterocycles. The molecule has 4 rings (SSSR count). The lowest BCUT2D eigenvalue weighted by Gasteiger charge is -2.16. The average Bonchev–Trinajstić information content (AvgIpc) is 3.00. The van der Waals surface area contributed by atoms with E-state index in [9.17, 15) is 24.0 Å². The number of methoxy groups -OCH3 is 1. The Morgan fingerprint density at radius 3 is 2.15 bits per heavy atom. The first-order valence-corrected chi connectivity index (χ1v) is 12.5. The van der Waals surface area contributed by atoms with Gasteiger partial charge in [0.2, 0.25) is 5.78 Å². The van der Waals surface area contributed by atoms with Crippen molar-refractivity contribution in [3.05, 3.63) is 128 Å². The Morgan fingerprint density at radius 2 is 1.49 bits per heavy atom.